The smallest absolute Gasteiger partial charge is 0.0260 e. The van der Waals surface area contributed by atoms with Crippen molar-refractivity contribution in [2.75, 3.05) is 0 Å². The molecule has 0 bridgehead atoms. The lowest BCUT2D eigenvalue weighted by atomic mass is 9.95. The number of benzene rings is 1. The van der Waals surface area contributed by atoms with Crippen LogP contribution in [0, 0.1) is 0 Å². The maximum absolute atomic E-state index is 3.87. The quantitative estimate of drug-likeness (QED) is 0.482. The predicted octanol–water partition coefficient (Wildman–Crippen LogP) is 5.80. The van der Waals surface area contributed by atoms with Crippen LogP contribution in [0.5, 0.6) is 0 Å². The normalized spacial score (nSPS) is 10.6. The first-order chi connectivity index (χ1) is 8.81. The Balaban J connectivity index is 2.69. The molecule has 0 aliphatic rings. The van der Waals surface area contributed by atoms with E-state index >= 15 is 0 Å². The summed E-state index contributed by atoms with van der Waals surface area (Å²) in [5.74, 6) is 0. The van der Waals surface area contributed by atoms with Gasteiger partial charge in [-0.25, -0.2) is 0 Å². The van der Waals surface area contributed by atoms with Gasteiger partial charge in [0.2, 0.25) is 0 Å². The van der Waals surface area contributed by atoms with Gasteiger partial charge >= 0.3 is 0 Å². The van der Waals surface area contributed by atoms with Crippen molar-refractivity contribution in [3.05, 3.63) is 41.5 Å². The Morgan fingerprint density at radius 1 is 0.889 bits per heavy atom. The minimum atomic E-state index is 1.23. The SMILES string of the molecule is C=Cc1ccc(CCCCC)c(CCCCC)c1. The third kappa shape index (κ3) is 5.08. The Labute approximate surface area is 113 Å². The first-order valence-electron chi connectivity index (χ1n) is 7.56. The minimum Gasteiger partial charge on any atom is -0.0985 e. The van der Waals surface area contributed by atoms with Crippen LogP contribution in [0.15, 0.2) is 24.8 Å². The highest BCUT2D eigenvalue weighted by Crippen LogP contribution is 2.18. The van der Waals surface area contributed by atoms with Gasteiger partial charge in [0.15, 0.2) is 0 Å². The van der Waals surface area contributed by atoms with E-state index < -0.39 is 0 Å². The van der Waals surface area contributed by atoms with Crippen LogP contribution in [0.25, 0.3) is 6.08 Å². The maximum atomic E-state index is 3.87. The van der Waals surface area contributed by atoms with Crippen LogP contribution in [0.1, 0.15) is 69.1 Å². The van der Waals surface area contributed by atoms with E-state index in [1.165, 1.54) is 56.9 Å². The van der Waals surface area contributed by atoms with E-state index in [-0.39, 0.29) is 0 Å². The van der Waals surface area contributed by atoms with Gasteiger partial charge in [-0.2, -0.15) is 0 Å². The molecular weight excluding hydrogens is 216 g/mol. The molecule has 0 unspecified atom stereocenters. The average Bonchev–Trinajstić information content (AvgIpc) is 2.40. The van der Waals surface area contributed by atoms with E-state index in [9.17, 15) is 0 Å². The summed E-state index contributed by atoms with van der Waals surface area (Å²) in [5.41, 5.74) is 4.38. The molecule has 0 amide bonds. The van der Waals surface area contributed by atoms with Crippen LogP contribution in [-0.2, 0) is 12.8 Å². The molecule has 0 fully saturated rings. The molecule has 0 atom stereocenters. The molecule has 0 N–H and O–H groups in total. The van der Waals surface area contributed by atoms with Gasteiger partial charge < -0.3 is 0 Å². The van der Waals surface area contributed by atoms with Crippen molar-refractivity contribution in [3.8, 4) is 0 Å². The molecule has 0 aliphatic carbocycles. The first-order valence-corrected chi connectivity index (χ1v) is 7.56. The van der Waals surface area contributed by atoms with E-state index in [4.69, 9.17) is 0 Å². The van der Waals surface area contributed by atoms with Gasteiger partial charge in [-0.1, -0.05) is 70.4 Å². The molecule has 0 radical (unpaired) electrons. The number of unbranched alkanes of at least 4 members (excludes halogenated alkanes) is 4. The summed E-state index contributed by atoms with van der Waals surface area (Å²) in [6, 6.07) is 6.86. The summed E-state index contributed by atoms with van der Waals surface area (Å²) in [7, 11) is 0. The summed E-state index contributed by atoms with van der Waals surface area (Å²) in [6.45, 7) is 8.41. The second-order valence-corrected chi connectivity index (χ2v) is 5.15. The van der Waals surface area contributed by atoms with Crippen molar-refractivity contribution < 1.29 is 0 Å². The molecule has 0 saturated carbocycles. The van der Waals surface area contributed by atoms with E-state index in [1.54, 1.807) is 11.1 Å². The zero-order chi connectivity index (χ0) is 13.2. The molecule has 0 aliphatic heterocycles. The summed E-state index contributed by atoms with van der Waals surface area (Å²) in [4.78, 5) is 0. The monoisotopic (exact) mass is 244 g/mol. The highest BCUT2D eigenvalue weighted by atomic mass is 14.1. The molecule has 100 valence electrons. The van der Waals surface area contributed by atoms with Gasteiger partial charge in [0.05, 0.1) is 0 Å². The third-order valence-corrected chi connectivity index (χ3v) is 3.57. The van der Waals surface area contributed by atoms with Crippen LogP contribution in [0.4, 0.5) is 0 Å². The van der Waals surface area contributed by atoms with E-state index in [2.05, 4.69) is 38.6 Å². The molecule has 0 heteroatoms. The highest BCUT2D eigenvalue weighted by Gasteiger charge is 2.03. The van der Waals surface area contributed by atoms with Crippen LogP contribution in [0.3, 0.4) is 0 Å². The Hall–Kier alpha value is -1.04. The molecule has 0 aromatic heterocycles. The molecule has 1 rings (SSSR count). The van der Waals surface area contributed by atoms with Gasteiger partial charge in [0.25, 0.3) is 0 Å². The Morgan fingerprint density at radius 2 is 1.50 bits per heavy atom. The lowest BCUT2D eigenvalue weighted by Crippen LogP contribution is -1.96. The molecule has 0 nitrogen and oxygen atoms in total. The molecule has 18 heavy (non-hydrogen) atoms. The molecular formula is C18H28. The summed E-state index contributed by atoms with van der Waals surface area (Å²) in [6.07, 6.45) is 12.4. The Bertz CT molecular complexity index is 349. The van der Waals surface area contributed by atoms with Crippen LogP contribution in [0.2, 0.25) is 0 Å². The van der Waals surface area contributed by atoms with E-state index in [0.717, 1.165) is 0 Å². The first kappa shape index (κ1) is 15.0. The van der Waals surface area contributed by atoms with E-state index in [1.807, 2.05) is 6.08 Å². The van der Waals surface area contributed by atoms with Crippen LogP contribution >= 0.6 is 0 Å². The van der Waals surface area contributed by atoms with Crippen molar-refractivity contribution in [2.45, 2.75) is 65.2 Å². The van der Waals surface area contributed by atoms with Crippen molar-refractivity contribution in [3.63, 3.8) is 0 Å². The topological polar surface area (TPSA) is 0 Å². The van der Waals surface area contributed by atoms with Gasteiger partial charge in [-0.05, 0) is 42.4 Å². The van der Waals surface area contributed by atoms with Crippen molar-refractivity contribution in [2.24, 2.45) is 0 Å². The van der Waals surface area contributed by atoms with Gasteiger partial charge in [-0.3, -0.25) is 0 Å². The van der Waals surface area contributed by atoms with Crippen molar-refractivity contribution >= 4 is 6.08 Å². The fraction of sp³-hybridized carbons (Fsp3) is 0.556. The summed E-state index contributed by atoms with van der Waals surface area (Å²) >= 11 is 0. The number of hydrogen-bond donors (Lipinski definition) is 0. The molecule has 1 aromatic carbocycles. The largest absolute Gasteiger partial charge is 0.0985 e. The van der Waals surface area contributed by atoms with Crippen LogP contribution in [-0.4, -0.2) is 0 Å². The Kier molecular flexibility index (Phi) is 7.48. The van der Waals surface area contributed by atoms with Crippen molar-refractivity contribution in [1.29, 1.82) is 0 Å². The number of aryl methyl sites for hydroxylation is 2. The van der Waals surface area contributed by atoms with Gasteiger partial charge in [0.1, 0.15) is 0 Å². The molecule has 0 saturated heterocycles. The average molecular weight is 244 g/mol. The highest BCUT2D eigenvalue weighted by molar-refractivity contribution is 5.50. The summed E-state index contributed by atoms with van der Waals surface area (Å²) < 4.78 is 0. The zero-order valence-corrected chi connectivity index (χ0v) is 12.2. The lowest BCUT2D eigenvalue weighted by molar-refractivity contribution is 0.693. The molecule has 0 heterocycles. The fourth-order valence-corrected chi connectivity index (χ4v) is 2.38. The number of hydrogen-bond acceptors (Lipinski definition) is 0. The van der Waals surface area contributed by atoms with Gasteiger partial charge in [-0.15, -0.1) is 0 Å². The van der Waals surface area contributed by atoms with E-state index in [0.29, 0.717) is 0 Å². The fourth-order valence-electron chi connectivity index (χ4n) is 2.38. The predicted molar refractivity (Wildman–Crippen MR) is 83.0 cm³/mol. The van der Waals surface area contributed by atoms with Gasteiger partial charge in [0, 0.05) is 0 Å². The number of rotatable bonds is 9. The lowest BCUT2D eigenvalue weighted by Gasteiger charge is -2.10. The maximum Gasteiger partial charge on any atom is -0.0260 e. The Morgan fingerprint density at radius 3 is 2.06 bits per heavy atom. The zero-order valence-electron chi connectivity index (χ0n) is 12.2. The summed E-state index contributed by atoms with van der Waals surface area (Å²) in [5, 5.41) is 0. The minimum absolute atomic E-state index is 1.23. The second kappa shape index (κ2) is 8.97. The standard InChI is InChI=1S/C18H28/c1-4-7-9-11-17-14-13-16(6-3)15-18(17)12-10-8-5-2/h6,13-15H,3-5,7-12H2,1-2H3. The third-order valence-electron chi connectivity index (χ3n) is 3.57. The van der Waals surface area contributed by atoms with Crippen molar-refractivity contribution in [1.82, 2.24) is 0 Å². The second-order valence-electron chi connectivity index (χ2n) is 5.15. The molecule has 0 spiro atoms. The van der Waals surface area contributed by atoms with Crippen LogP contribution < -0.4 is 0 Å². The molecule has 1 aromatic rings.